The minimum atomic E-state index is -0.276. The average molecular weight is 569 g/mol. The van der Waals surface area contributed by atoms with Crippen LogP contribution in [0.15, 0.2) is 59.7 Å². The zero-order chi connectivity index (χ0) is 22.4. The van der Waals surface area contributed by atoms with Crippen LogP contribution >= 0.6 is 45.8 Å². The van der Waals surface area contributed by atoms with Crippen LogP contribution < -0.4 is 14.9 Å². The first-order valence-corrected chi connectivity index (χ1v) is 11.0. The number of carbonyl (C=O) groups excluding carboxylic acids is 1. The number of benzene rings is 3. The van der Waals surface area contributed by atoms with Gasteiger partial charge in [0.25, 0.3) is 5.91 Å². The summed E-state index contributed by atoms with van der Waals surface area (Å²) in [6.07, 6.45) is 1.55. The summed E-state index contributed by atoms with van der Waals surface area (Å²) in [6.45, 7) is 2.20. The van der Waals surface area contributed by atoms with Crippen LogP contribution in [0.25, 0.3) is 0 Å². The van der Waals surface area contributed by atoms with Gasteiger partial charge in [0.05, 0.1) is 16.9 Å². The number of nitrogens with one attached hydrogen (secondary N) is 1. The van der Waals surface area contributed by atoms with Crippen molar-refractivity contribution in [3.63, 3.8) is 0 Å². The van der Waals surface area contributed by atoms with Crippen LogP contribution in [0.2, 0.25) is 10.0 Å². The third-order valence-electron chi connectivity index (χ3n) is 4.30. The van der Waals surface area contributed by atoms with Crippen molar-refractivity contribution < 1.29 is 14.3 Å². The summed E-state index contributed by atoms with van der Waals surface area (Å²) in [5.74, 6) is 0.861. The summed E-state index contributed by atoms with van der Waals surface area (Å²) in [5, 5.41) is 5.16. The fraction of sp³-hybridized carbons (Fsp3) is 0.130. The van der Waals surface area contributed by atoms with Crippen LogP contribution in [0.1, 0.15) is 27.0 Å². The zero-order valence-electron chi connectivity index (χ0n) is 16.8. The van der Waals surface area contributed by atoms with E-state index in [9.17, 15) is 4.79 Å². The number of aryl methyl sites for hydroxylation is 1. The number of ether oxygens (including phenoxy) is 2. The van der Waals surface area contributed by atoms with E-state index >= 15 is 0 Å². The van der Waals surface area contributed by atoms with Gasteiger partial charge in [-0.1, -0.05) is 47.0 Å². The van der Waals surface area contributed by atoms with Gasteiger partial charge >= 0.3 is 0 Å². The van der Waals surface area contributed by atoms with Gasteiger partial charge in [0.15, 0.2) is 11.5 Å². The zero-order valence-corrected chi connectivity index (χ0v) is 20.5. The van der Waals surface area contributed by atoms with Gasteiger partial charge in [0.2, 0.25) is 0 Å². The van der Waals surface area contributed by atoms with Crippen molar-refractivity contribution in [3.05, 3.63) is 90.5 Å². The Hall–Kier alpha value is -2.29. The first kappa shape index (κ1) is 23.4. The molecule has 0 aromatic heterocycles. The Labute approximate surface area is 204 Å². The molecule has 0 atom stereocenters. The lowest BCUT2D eigenvalue weighted by Gasteiger charge is -2.14. The van der Waals surface area contributed by atoms with E-state index in [1.807, 2.05) is 31.2 Å². The summed E-state index contributed by atoms with van der Waals surface area (Å²) in [6, 6.07) is 16.2. The number of halogens is 3. The van der Waals surface area contributed by atoms with E-state index in [2.05, 4.69) is 33.1 Å². The first-order valence-electron chi connectivity index (χ1n) is 9.21. The molecule has 0 radical (unpaired) electrons. The molecule has 0 heterocycles. The van der Waals surface area contributed by atoms with Crippen molar-refractivity contribution in [2.24, 2.45) is 5.10 Å². The summed E-state index contributed by atoms with van der Waals surface area (Å²) in [4.78, 5) is 12.2. The second-order valence-electron chi connectivity index (χ2n) is 6.63. The molecular weight excluding hydrogens is 550 g/mol. The van der Waals surface area contributed by atoms with E-state index in [1.54, 1.807) is 43.7 Å². The predicted molar refractivity (Wildman–Crippen MR) is 133 cm³/mol. The van der Waals surface area contributed by atoms with Crippen molar-refractivity contribution in [3.8, 4) is 11.5 Å². The summed E-state index contributed by atoms with van der Waals surface area (Å²) < 4.78 is 12.3. The first-order chi connectivity index (χ1) is 14.9. The van der Waals surface area contributed by atoms with Crippen LogP contribution in [0.4, 0.5) is 0 Å². The second-order valence-corrected chi connectivity index (χ2v) is 8.63. The highest BCUT2D eigenvalue weighted by molar-refractivity contribution is 14.1. The third-order valence-corrected chi connectivity index (χ3v) is 5.69. The highest BCUT2D eigenvalue weighted by Gasteiger charge is 2.13. The molecule has 3 rings (SSSR count). The molecule has 1 amide bonds. The topological polar surface area (TPSA) is 59.9 Å². The molecule has 0 fully saturated rings. The maximum absolute atomic E-state index is 12.2. The van der Waals surface area contributed by atoms with E-state index in [1.165, 1.54) is 0 Å². The van der Waals surface area contributed by atoms with Crippen molar-refractivity contribution in [1.29, 1.82) is 0 Å². The lowest BCUT2D eigenvalue weighted by molar-refractivity contribution is 0.0955. The minimum Gasteiger partial charge on any atom is -0.493 e. The Kier molecular flexibility index (Phi) is 8.17. The van der Waals surface area contributed by atoms with E-state index < -0.39 is 0 Å². The van der Waals surface area contributed by atoms with Crippen LogP contribution in [-0.4, -0.2) is 19.2 Å². The maximum atomic E-state index is 12.2. The second kappa shape index (κ2) is 10.8. The summed E-state index contributed by atoms with van der Waals surface area (Å²) >= 11 is 14.3. The van der Waals surface area contributed by atoms with Crippen molar-refractivity contribution in [1.82, 2.24) is 5.43 Å². The maximum Gasteiger partial charge on any atom is 0.271 e. The van der Waals surface area contributed by atoms with Gasteiger partial charge in [0, 0.05) is 21.2 Å². The minimum absolute atomic E-state index is 0.266. The Morgan fingerprint density at radius 1 is 1.16 bits per heavy atom. The molecule has 5 nitrogen and oxygen atoms in total. The van der Waals surface area contributed by atoms with Gasteiger partial charge in [0.1, 0.15) is 6.61 Å². The highest BCUT2D eigenvalue weighted by Crippen LogP contribution is 2.34. The third kappa shape index (κ3) is 6.35. The van der Waals surface area contributed by atoms with Crippen LogP contribution in [0.3, 0.4) is 0 Å². The molecule has 3 aromatic carbocycles. The Bertz CT molecular complexity index is 1140. The van der Waals surface area contributed by atoms with Gasteiger partial charge in [-0.25, -0.2) is 5.43 Å². The van der Waals surface area contributed by atoms with Gasteiger partial charge in [-0.3, -0.25) is 4.79 Å². The number of hydrogen-bond acceptors (Lipinski definition) is 4. The lowest BCUT2D eigenvalue weighted by Crippen LogP contribution is -2.17. The van der Waals surface area contributed by atoms with Gasteiger partial charge in [-0.15, -0.1) is 0 Å². The number of nitrogens with zero attached hydrogens (tertiary/aromatic N) is 1. The molecule has 0 aliphatic rings. The van der Waals surface area contributed by atoms with E-state index in [-0.39, 0.29) is 12.5 Å². The van der Waals surface area contributed by atoms with E-state index in [0.29, 0.717) is 27.1 Å². The molecule has 0 aliphatic carbocycles. The molecular formula is C23H19Cl2IN2O3. The van der Waals surface area contributed by atoms with Crippen LogP contribution in [0, 0.1) is 10.5 Å². The lowest BCUT2D eigenvalue weighted by atomic mass is 10.1. The highest BCUT2D eigenvalue weighted by atomic mass is 127. The predicted octanol–water partition coefficient (Wildman–Crippen LogP) is 6.26. The Morgan fingerprint density at radius 3 is 2.68 bits per heavy atom. The van der Waals surface area contributed by atoms with E-state index in [0.717, 1.165) is 20.3 Å². The molecule has 3 aromatic rings. The van der Waals surface area contributed by atoms with Crippen molar-refractivity contribution in [2.75, 3.05) is 7.11 Å². The monoisotopic (exact) mass is 568 g/mol. The normalized spacial score (nSPS) is 10.9. The fourth-order valence-electron chi connectivity index (χ4n) is 2.76. The standard InChI is InChI=1S/C23H19Cl2IN2O3/c1-14-4-3-5-16(8-14)23(29)28-27-12-15-9-20(26)22(21(10-15)30-2)31-13-17-6-7-18(24)11-19(17)25/h3-12H,13H2,1-2H3,(H,28,29)/b27-12+. The Balaban J connectivity index is 1.71. The van der Waals surface area contributed by atoms with Crippen molar-refractivity contribution in [2.45, 2.75) is 13.5 Å². The molecule has 0 saturated carbocycles. The van der Waals surface area contributed by atoms with Gasteiger partial charge in [-0.2, -0.15) is 5.10 Å². The molecule has 0 unspecified atom stereocenters. The number of hydrazone groups is 1. The number of carbonyl (C=O) groups is 1. The van der Waals surface area contributed by atoms with Crippen molar-refractivity contribution >= 4 is 57.9 Å². The fourth-order valence-corrected chi connectivity index (χ4v) is 4.00. The summed E-state index contributed by atoms with van der Waals surface area (Å²) in [5.41, 5.74) is 5.66. The van der Waals surface area contributed by atoms with Crippen LogP contribution in [0.5, 0.6) is 11.5 Å². The molecule has 0 bridgehead atoms. The van der Waals surface area contributed by atoms with E-state index in [4.69, 9.17) is 32.7 Å². The average Bonchev–Trinajstić information content (AvgIpc) is 2.73. The number of amides is 1. The molecule has 160 valence electrons. The SMILES string of the molecule is COc1cc(/C=N/NC(=O)c2cccc(C)c2)cc(I)c1OCc1ccc(Cl)cc1Cl. The molecule has 0 saturated heterocycles. The molecule has 8 heteroatoms. The quantitative estimate of drug-likeness (QED) is 0.208. The smallest absolute Gasteiger partial charge is 0.271 e. The Morgan fingerprint density at radius 2 is 1.97 bits per heavy atom. The molecule has 31 heavy (non-hydrogen) atoms. The molecule has 0 aliphatic heterocycles. The summed E-state index contributed by atoms with van der Waals surface area (Å²) in [7, 11) is 1.56. The number of methoxy groups -OCH3 is 1. The van der Waals surface area contributed by atoms with Gasteiger partial charge < -0.3 is 9.47 Å². The molecule has 1 N–H and O–H groups in total. The van der Waals surface area contributed by atoms with Gasteiger partial charge in [-0.05, 0) is 71.5 Å². The van der Waals surface area contributed by atoms with Crippen LogP contribution in [-0.2, 0) is 6.61 Å². The number of rotatable bonds is 7. The largest absolute Gasteiger partial charge is 0.493 e. The molecule has 0 spiro atoms. The number of hydrogen-bond donors (Lipinski definition) is 1.